The molecule has 2 aliphatic heterocycles. The maximum absolute atomic E-state index is 10.3. The SMILES string of the molecule is CC1=C2C[C@H]3[C@@H](CC=C4CC(O)CCC43C)[C@@H]2CC[C@]12O[C@@H]1CC(C)CN[C@H]1[C@H]2C. The highest BCUT2D eigenvalue weighted by Crippen LogP contribution is 2.65. The largest absolute Gasteiger partial charge is 0.393 e. The van der Waals surface area contributed by atoms with E-state index in [9.17, 15) is 5.11 Å². The molecule has 4 fully saturated rings. The first-order valence-electron chi connectivity index (χ1n) is 12.8. The molecule has 0 aromatic rings. The maximum atomic E-state index is 10.3. The Morgan fingerprint density at radius 2 is 2.00 bits per heavy atom. The van der Waals surface area contributed by atoms with Gasteiger partial charge in [-0.15, -0.1) is 0 Å². The summed E-state index contributed by atoms with van der Waals surface area (Å²) in [4.78, 5) is 0. The predicted molar refractivity (Wildman–Crippen MR) is 120 cm³/mol. The molecular weight excluding hydrogens is 370 g/mol. The van der Waals surface area contributed by atoms with Gasteiger partial charge in [0.15, 0.2) is 0 Å². The molecule has 6 aliphatic rings. The van der Waals surface area contributed by atoms with Gasteiger partial charge in [-0.05, 0) is 99.5 Å². The smallest absolute Gasteiger partial charge is 0.0937 e. The monoisotopic (exact) mass is 411 g/mol. The number of fused-ring (bicyclic) bond motifs is 6. The number of rotatable bonds is 0. The van der Waals surface area contributed by atoms with Crippen molar-refractivity contribution >= 4 is 0 Å². The Hall–Kier alpha value is -0.640. The van der Waals surface area contributed by atoms with Gasteiger partial charge in [-0.2, -0.15) is 0 Å². The molecule has 2 heterocycles. The lowest BCUT2D eigenvalue weighted by Crippen LogP contribution is -2.49. The van der Waals surface area contributed by atoms with Crippen LogP contribution in [0.25, 0.3) is 0 Å². The minimum Gasteiger partial charge on any atom is -0.393 e. The second-order valence-corrected chi connectivity index (χ2v) is 12.2. The first-order chi connectivity index (χ1) is 14.3. The normalized spacial score (nSPS) is 55.0. The maximum Gasteiger partial charge on any atom is 0.0937 e. The van der Waals surface area contributed by atoms with Gasteiger partial charge in [-0.1, -0.05) is 38.0 Å². The number of aliphatic hydroxyl groups excluding tert-OH is 1. The van der Waals surface area contributed by atoms with Crippen LogP contribution in [0.1, 0.15) is 79.1 Å². The van der Waals surface area contributed by atoms with E-state index in [-0.39, 0.29) is 11.7 Å². The summed E-state index contributed by atoms with van der Waals surface area (Å²) in [5.41, 5.74) is 5.25. The molecule has 0 aromatic carbocycles. The standard InChI is InChI=1S/C27H41NO2/c1-15-11-24-25(28-14-15)17(3)27(30-24)10-8-20-21-6-5-18-12-19(29)7-9-26(18,4)23(21)13-22(20)16(27)2/h5,15,17,19-21,23-25,28-29H,6-14H2,1-4H3/t15?,17-,19?,20+,21+,23+,24-,25+,26?,27+/m1/s1. The Morgan fingerprint density at radius 1 is 1.17 bits per heavy atom. The number of allylic oxidation sites excluding steroid dienone is 2. The molecule has 2 saturated heterocycles. The Balaban J connectivity index is 1.34. The van der Waals surface area contributed by atoms with Gasteiger partial charge < -0.3 is 15.2 Å². The number of ether oxygens (including phenoxy) is 1. The van der Waals surface area contributed by atoms with Crippen LogP contribution in [0.2, 0.25) is 0 Å². The lowest BCUT2D eigenvalue weighted by Gasteiger charge is -2.49. The summed E-state index contributed by atoms with van der Waals surface area (Å²) in [6.45, 7) is 10.9. The molecule has 2 N–H and O–H groups in total. The van der Waals surface area contributed by atoms with Crippen molar-refractivity contribution in [1.82, 2.24) is 5.32 Å². The summed E-state index contributed by atoms with van der Waals surface area (Å²) in [5.74, 6) is 3.64. The van der Waals surface area contributed by atoms with Crippen LogP contribution in [-0.2, 0) is 4.74 Å². The molecule has 166 valence electrons. The fourth-order valence-corrected chi connectivity index (χ4v) is 9.09. The van der Waals surface area contributed by atoms with Crippen molar-refractivity contribution < 1.29 is 9.84 Å². The number of piperidine rings is 1. The Labute approximate surface area is 182 Å². The van der Waals surface area contributed by atoms with Gasteiger partial charge in [0.25, 0.3) is 0 Å². The van der Waals surface area contributed by atoms with Crippen LogP contribution in [0, 0.1) is 35.0 Å². The fourth-order valence-electron chi connectivity index (χ4n) is 9.09. The van der Waals surface area contributed by atoms with Gasteiger partial charge >= 0.3 is 0 Å². The van der Waals surface area contributed by atoms with E-state index in [1.165, 1.54) is 38.5 Å². The molecule has 30 heavy (non-hydrogen) atoms. The van der Waals surface area contributed by atoms with E-state index in [1.807, 2.05) is 0 Å². The Bertz CT molecular complexity index is 801. The van der Waals surface area contributed by atoms with Crippen LogP contribution in [-0.4, -0.2) is 35.5 Å². The van der Waals surface area contributed by atoms with Crippen molar-refractivity contribution in [3.63, 3.8) is 0 Å². The third kappa shape index (κ3) is 2.55. The number of nitrogens with one attached hydrogen (secondary N) is 1. The highest BCUT2D eigenvalue weighted by atomic mass is 16.5. The summed E-state index contributed by atoms with van der Waals surface area (Å²) >= 11 is 0. The Kier molecular flexibility index (Phi) is 4.46. The second kappa shape index (κ2) is 6.68. The third-order valence-electron chi connectivity index (χ3n) is 10.9. The highest BCUT2D eigenvalue weighted by Gasteiger charge is 2.60. The molecule has 3 nitrogen and oxygen atoms in total. The molecule has 0 aromatic heterocycles. The minimum atomic E-state index is -0.111. The van der Waals surface area contributed by atoms with Crippen LogP contribution < -0.4 is 5.32 Å². The molecule has 6 rings (SSSR count). The van der Waals surface area contributed by atoms with Gasteiger partial charge in [0, 0.05) is 12.0 Å². The summed E-state index contributed by atoms with van der Waals surface area (Å²) in [7, 11) is 0. The fraction of sp³-hybridized carbons (Fsp3) is 0.852. The van der Waals surface area contributed by atoms with Crippen LogP contribution in [0.5, 0.6) is 0 Å². The zero-order chi connectivity index (χ0) is 20.8. The number of hydrogen-bond donors (Lipinski definition) is 2. The van der Waals surface area contributed by atoms with Crippen molar-refractivity contribution in [1.29, 1.82) is 0 Å². The number of aliphatic hydroxyl groups is 1. The van der Waals surface area contributed by atoms with Gasteiger partial charge in [0.2, 0.25) is 0 Å². The van der Waals surface area contributed by atoms with E-state index in [2.05, 4.69) is 39.1 Å². The molecule has 3 heteroatoms. The zero-order valence-corrected chi connectivity index (χ0v) is 19.4. The van der Waals surface area contributed by atoms with E-state index in [0.717, 1.165) is 43.1 Å². The summed E-state index contributed by atoms with van der Waals surface area (Å²) in [6, 6.07) is 0.530. The molecule has 0 amide bonds. The Morgan fingerprint density at radius 3 is 2.83 bits per heavy atom. The number of hydrogen-bond acceptors (Lipinski definition) is 3. The molecule has 4 aliphatic carbocycles. The first kappa shape index (κ1) is 20.0. The summed E-state index contributed by atoms with van der Waals surface area (Å²) in [5, 5.41) is 14.1. The topological polar surface area (TPSA) is 41.5 Å². The van der Waals surface area contributed by atoms with Crippen molar-refractivity contribution in [3.8, 4) is 0 Å². The van der Waals surface area contributed by atoms with Crippen molar-refractivity contribution in [2.45, 2.75) is 103 Å². The first-order valence-corrected chi connectivity index (χ1v) is 12.8. The average Bonchev–Trinajstić information content (AvgIpc) is 3.23. The van der Waals surface area contributed by atoms with E-state index in [1.54, 1.807) is 16.7 Å². The van der Waals surface area contributed by atoms with Crippen LogP contribution >= 0.6 is 0 Å². The van der Waals surface area contributed by atoms with E-state index >= 15 is 0 Å². The highest BCUT2D eigenvalue weighted by molar-refractivity contribution is 5.38. The van der Waals surface area contributed by atoms with Gasteiger partial charge in [0.05, 0.1) is 17.8 Å². The van der Waals surface area contributed by atoms with E-state index < -0.39 is 0 Å². The molecule has 0 bridgehead atoms. The van der Waals surface area contributed by atoms with E-state index in [0.29, 0.717) is 23.5 Å². The summed E-state index contributed by atoms with van der Waals surface area (Å²) in [6.07, 6.45) is 12.2. The summed E-state index contributed by atoms with van der Waals surface area (Å²) < 4.78 is 7.03. The quantitative estimate of drug-likeness (QED) is 0.551. The average molecular weight is 412 g/mol. The van der Waals surface area contributed by atoms with E-state index in [4.69, 9.17) is 4.74 Å². The van der Waals surface area contributed by atoms with Crippen LogP contribution in [0.3, 0.4) is 0 Å². The van der Waals surface area contributed by atoms with Crippen molar-refractivity contribution in [2.24, 2.45) is 35.0 Å². The van der Waals surface area contributed by atoms with Crippen molar-refractivity contribution in [2.75, 3.05) is 6.54 Å². The molecule has 0 radical (unpaired) electrons. The molecule has 2 saturated carbocycles. The van der Waals surface area contributed by atoms with Gasteiger partial charge in [-0.25, -0.2) is 0 Å². The molecule has 1 spiro atoms. The van der Waals surface area contributed by atoms with Crippen LogP contribution in [0.15, 0.2) is 22.8 Å². The minimum absolute atomic E-state index is 0.0222. The van der Waals surface area contributed by atoms with Crippen LogP contribution in [0.4, 0.5) is 0 Å². The molecule has 10 atom stereocenters. The lowest BCUT2D eigenvalue weighted by molar-refractivity contribution is -0.0549. The van der Waals surface area contributed by atoms with Crippen molar-refractivity contribution in [3.05, 3.63) is 22.8 Å². The zero-order valence-electron chi connectivity index (χ0n) is 19.4. The third-order valence-corrected chi connectivity index (χ3v) is 10.9. The van der Waals surface area contributed by atoms with Gasteiger partial charge in [0.1, 0.15) is 0 Å². The lowest BCUT2D eigenvalue weighted by atomic mass is 9.56. The molecular formula is C27H41NO2. The molecule has 3 unspecified atom stereocenters. The van der Waals surface area contributed by atoms with Gasteiger partial charge in [-0.3, -0.25) is 0 Å². The second-order valence-electron chi connectivity index (χ2n) is 12.2. The predicted octanol–water partition coefficient (Wildman–Crippen LogP) is 5.00.